The van der Waals surface area contributed by atoms with Gasteiger partial charge in [0, 0.05) is 11.6 Å². The van der Waals surface area contributed by atoms with Gasteiger partial charge in [-0.1, -0.05) is 30.0 Å². The molecule has 0 atom stereocenters. The molecule has 2 heterocycles. The maximum Gasteiger partial charge on any atom is 0.252 e. The normalized spacial score (nSPS) is 13.3. The summed E-state index contributed by atoms with van der Waals surface area (Å²) in [6.45, 7) is -0.129. The van der Waals surface area contributed by atoms with E-state index >= 15 is 0 Å². The van der Waals surface area contributed by atoms with Gasteiger partial charge in [-0.3, -0.25) is 4.79 Å². The smallest absolute Gasteiger partial charge is 0.252 e. The summed E-state index contributed by atoms with van der Waals surface area (Å²) in [5.41, 5.74) is 0.0598. The van der Waals surface area contributed by atoms with E-state index in [9.17, 15) is 13.6 Å². The highest BCUT2D eigenvalue weighted by molar-refractivity contribution is 7.99. The van der Waals surface area contributed by atoms with Crippen molar-refractivity contribution in [1.82, 2.24) is 14.9 Å². The summed E-state index contributed by atoms with van der Waals surface area (Å²) in [6, 6.07) is 10.9. The van der Waals surface area contributed by atoms with E-state index in [2.05, 4.69) is 10.2 Å². The summed E-state index contributed by atoms with van der Waals surface area (Å²) in [5, 5.41) is 9.95. The Hall–Kier alpha value is -3.14. The molecule has 0 N–H and O–H groups in total. The molecule has 1 aliphatic rings. The molecule has 10 heteroatoms. The van der Waals surface area contributed by atoms with Gasteiger partial charge in [-0.2, -0.15) is 0 Å². The molecule has 0 radical (unpaired) electrons. The number of halogens is 2. The van der Waals surface area contributed by atoms with E-state index in [-0.39, 0.29) is 30.4 Å². The van der Waals surface area contributed by atoms with Gasteiger partial charge in [-0.25, -0.2) is 18.5 Å². The van der Waals surface area contributed by atoms with Gasteiger partial charge in [-0.15, -0.1) is 10.2 Å². The summed E-state index contributed by atoms with van der Waals surface area (Å²) in [4.78, 5) is 12.5. The lowest BCUT2D eigenvalue weighted by Gasteiger charge is -2.29. The number of nitrogens with zero attached hydrogens (tertiary/aromatic N) is 4. The van der Waals surface area contributed by atoms with Crippen LogP contribution in [0, 0.1) is 11.6 Å². The Bertz CT molecular complexity index is 1060. The van der Waals surface area contributed by atoms with Gasteiger partial charge >= 0.3 is 0 Å². The molecule has 1 amide bonds. The highest BCUT2D eigenvalue weighted by Crippen LogP contribution is 2.26. The molecule has 0 unspecified atom stereocenters. The van der Waals surface area contributed by atoms with E-state index in [1.54, 1.807) is 31.4 Å². The number of benzene rings is 2. The van der Waals surface area contributed by atoms with Gasteiger partial charge in [0.15, 0.2) is 17.5 Å². The number of amides is 1. The molecule has 3 aromatic rings. The number of rotatable bonds is 6. The van der Waals surface area contributed by atoms with Crippen LogP contribution in [0.4, 0.5) is 8.78 Å². The van der Waals surface area contributed by atoms with Crippen molar-refractivity contribution in [3.63, 3.8) is 0 Å². The molecule has 0 bridgehead atoms. The second kappa shape index (κ2) is 8.08. The van der Waals surface area contributed by atoms with Gasteiger partial charge in [0.1, 0.15) is 18.1 Å². The molecule has 0 saturated carbocycles. The fourth-order valence-electron chi connectivity index (χ4n) is 2.86. The minimum absolute atomic E-state index is 0.0239. The number of methoxy groups -OCH3 is 1. The van der Waals surface area contributed by atoms with Gasteiger partial charge in [0.25, 0.3) is 5.91 Å². The number of thioether (sulfide) groups is 1. The lowest BCUT2D eigenvalue weighted by Crippen LogP contribution is -2.45. The highest BCUT2D eigenvalue weighted by atomic mass is 32.2. The van der Waals surface area contributed by atoms with Crippen LogP contribution in [0.15, 0.2) is 47.6 Å². The molecule has 2 aromatic carbocycles. The quantitative estimate of drug-likeness (QED) is 0.613. The zero-order valence-electron chi connectivity index (χ0n) is 15.3. The number of ether oxygens (including phenoxy) is 2. The van der Waals surface area contributed by atoms with E-state index in [0.717, 1.165) is 6.07 Å². The SMILES string of the molecule is COc1cccc(OCc2nnc3n2N(Cc2cccc(F)c2F)C(=O)CS3)c1. The van der Waals surface area contributed by atoms with Crippen molar-refractivity contribution in [2.24, 2.45) is 0 Å². The molecule has 0 aliphatic carbocycles. The van der Waals surface area contributed by atoms with Crippen molar-refractivity contribution in [1.29, 1.82) is 0 Å². The van der Waals surface area contributed by atoms with Crippen molar-refractivity contribution in [2.45, 2.75) is 18.3 Å². The van der Waals surface area contributed by atoms with Crippen LogP contribution in [0.3, 0.4) is 0 Å². The second-order valence-corrected chi connectivity index (χ2v) is 7.07. The summed E-state index contributed by atoms with van der Waals surface area (Å²) < 4.78 is 40.1. The molecule has 4 rings (SSSR count). The van der Waals surface area contributed by atoms with Crippen LogP contribution in [-0.2, 0) is 17.9 Å². The molecular weight excluding hydrogens is 402 g/mol. The van der Waals surface area contributed by atoms with Crippen LogP contribution in [0.1, 0.15) is 11.4 Å². The van der Waals surface area contributed by atoms with Crippen molar-refractivity contribution < 1.29 is 23.0 Å². The standard InChI is InChI=1S/C19H16F2N4O3S/c1-27-13-5-3-6-14(8-13)28-10-16-22-23-19-25(16)24(17(26)11-29-19)9-12-4-2-7-15(20)18(12)21/h2-8H,9-11H2,1H3. The van der Waals surface area contributed by atoms with Crippen LogP contribution < -0.4 is 14.5 Å². The summed E-state index contributed by atoms with van der Waals surface area (Å²) in [6.07, 6.45) is 0. The number of carbonyl (C=O) groups excluding carboxylic acids is 1. The Kier molecular flexibility index (Phi) is 5.34. The lowest BCUT2D eigenvalue weighted by atomic mass is 10.2. The van der Waals surface area contributed by atoms with Crippen molar-refractivity contribution in [3.8, 4) is 11.5 Å². The first-order valence-corrected chi connectivity index (χ1v) is 9.63. The number of carbonyl (C=O) groups is 1. The Labute approximate surface area is 169 Å². The maximum absolute atomic E-state index is 14.1. The summed E-state index contributed by atoms with van der Waals surface area (Å²) >= 11 is 1.22. The van der Waals surface area contributed by atoms with Gasteiger partial charge in [-0.05, 0) is 18.2 Å². The number of aromatic nitrogens is 3. The molecule has 0 fully saturated rings. The van der Waals surface area contributed by atoms with Crippen LogP contribution in [-0.4, -0.2) is 33.6 Å². The Morgan fingerprint density at radius 2 is 1.93 bits per heavy atom. The predicted octanol–water partition coefficient (Wildman–Crippen LogP) is 2.91. The monoisotopic (exact) mass is 418 g/mol. The van der Waals surface area contributed by atoms with Crippen molar-refractivity contribution in [2.75, 3.05) is 17.9 Å². The molecule has 29 heavy (non-hydrogen) atoms. The van der Waals surface area contributed by atoms with E-state index < -0.39 is 11.6 Å². The van der Waals surface area contributed by atoms with Gasteiger partial charge < -0.3 is 9.47 Å². The van der Waals surface area contributed by atoms with Crippen molar-refractivity contribution >= 4 is 17.7 Å². The maximum atomic E-state index is 14.1. The first-order valence-electron chi connectivity index (χ1n) is 8.64. The molecule has 7 nitrogen and oxygen atoms in total. The van der Waals surface area contributed by atoms with Crippen LogP contribution in [0.5, 0.6) is 11.5 Å². The minimum atomic E-state index is -0.984. The predicted molar refractivity (Wildman–Crippen MR) is 101 cm³/mol. The fourth-order valence-corrected chi connectivity index (χ4v) is 3.69. The first-order chi connectivity index (χ1) is 14.1. The fraction of sp³-hybridized carbons (Fsp3) is 0.211. The van der Waals surface area contributed by atoms with Gasteiger partial charge in [0.05, 0.1) is 19.4 Å². The van der Waals surface area contributed by atoms with E-state index in [1.165, 1.54) is 33.6 Å². The van der Waals surface area contributed by atoms with Crippen LogP contribution >= 0.6 is 11.8 Å². The van der Waals surface area contributed by atoms with Crippen molar-refractivity contribution in [3.05, 3.63) is 65.5 Å². The largest absolute Gasteiger partial charge is 0.497 e. The van der Waals surface area contributed by atoms with Crippen LogP contribution in [0.2, 0.25) is 0 Å². The third kappa shape index (κ3) is 3.88. The van der Waals surface area contributed by atoms with E-state index in [4.69, 9.17) is 9.47 Å². The third-order valence-corrected chi connectivity index (χ3v) is 5.20. The molecule has 150 valence electrons. The molecule has 0 saturated heterocycles. The van der Waals surface area contributed by atoms with E-state index in [0.29, 0.717) is 22.5 Å². The zero-order valence-corrected chi connectivity index (χ0v) is 16.2. The Morgan fingerprint density at radius 3 is 2.76 bits per heavy atom. The number of fused-ring (bicyclic) bond motifs is 1. The topological polar surface area (TPSA) is 69.5 Å². The van der Waals surface area contributed by atoms with Crippen LogP contribution in [0.25, 0.3) is 0 Å². The molecular formula is C19H16F2N4O3S. The minimum Gasteiger partial charge on any atom is -0.497 e. The first kappa shape index (κ1) is 19.2. The molecule has 0 spiro atoms. The lowest BCUT2D eigenvalue weighted by molar-refractivity contribution is -0.118. The Morgan fingerprint density at radius 1 is 1.14 bits per heavy atom. The second-order valence-electron chi connectivity index (χ2n) is 6.13. The summed E-state index contributed by atoms with van der Waals surface area (Å²) in [7, 11) is 1.56. The van der Waals surface area contributed by atoms with E-state index in [1.807, 2.05) is 0 Å². The summed E-state index contributed by atoms with van der Waals surface area (Å²) in [5.74, 6) is -0.534. The average molecular weight is 418 g/mol. The Balaban J connectivity index is 1.60. The average Bonchev–Trinajstić information content (AvgIpc) is 3.15. The number of hydrogen-bond donors (Lipinski definition) is 0. The highest BCUT2D eigenvalue weighted by Gasteiger charge is 2.30. The molecule has 1 aromatic heterocycles. The third-order valence-electron chi connectivity index (χ3n) is 4.29. The number of hydrogen-bond acceptors (Lipinski definition) is 6. The molecule has 1 aliphatic heterocycles. The zero-order chi connectivity index (χ0) is 20.4. The van der Waals surface area contributed by atoms with Gasteiger partial charge in [0.2, 0.25) is 5.16 Å².